The summed E-state index contributed by atoms with van der Waals surface area (Å²) < 4.78 is 13.3. The second kappa shape index (κ2) is 5.82. The summed E-state index contributed by atoms with van der Waals surface area (Å²) in [5, 5.41) is 11.7. The Morgan fingerprint density at radius 1 is 1.62 bits per heavy atom. The molecule has 3 nitrogen and oxygen atoms in total. The molecule has 0 aliphatic rings. The predicted octanol–water partition coefficient (Wildman–Crippen LogP) is 1.98. The summed E-state index contributed by atoms with van der Waals surface area (Å²) in [6.07, 6.45) is -0.111. The summed E-state index contributed by atoms with van der Waals surface area (Å²) in [6, 6.07) is 4.03. The van der Waals surface area contributed by atoms with E-state index in [-0.39, 0.29) is 17.1 Å². The largest absolute Gasteiger partial charge is 0.391 e. The minimum Gasteiger partial charge on any atom is -0.391 e. The zero-order valence-corrected chi connectivity index (χ0v) is 9.59. The first-order chi connectivity index (χ1) is 7.56. The van der Waals surface area contributed by atoms with Gasteiger partial charge in [-0.2, -0.15) is 0 Å². The van der Waals surface area contributed by atoms with Crippen molar-refractivity contribution in [2.45, 2.75) is 19.4 Å². The number of benzene rings is 1. The lowest BCUT2D eigenvalue weighted by atomic mass is 10.2. The van der Waals surface area contributed by atoms with E-state index < -0.39 is 17.8 Å². The van der Waals surface area contributed by atoms with Crippen LogP contribution in [0.25, 0.3) is 0 Å². The van der Waals surface area contributed by atoms with Crippen LogP contribution in [0.1, 0.15) is 23.7 Å². The lowest BCUT2D eigenvalue weighted by Gasteiger charge is -2.10. The zero-order valence-electron chi connectivity index (χ0n) is 8.84. The maximum Gasteiger partial charge on any atom is 0.255 e. The Hall–Kier alpha value is -1.13. The fourth-order valence-corrected chi connectivity index (χ4v) is 1.41. The standard InChI is InChI=1S/C11H13ClFNO2/c1-2-7(15)6-14-11(16)10-8(12)4-3-5-9(10)13/h3-5,7,15H,2,6H2,1H3,(H,14,16). The Bertz CT molecular complexity index is 364. The van der Waals surface area contributed by atoms with Gasteiger partial charge < -0.3 is 10.4 Å². The van der Waals surface area contributed by atoms with E-state index in [1.54, 1.807) is 6.92 Å². The van der Waals surface area contributed by atoms with E-state index in [0.717, 1.165) is 6.07 Å². The highest BCUT2D eigenvalue weighted by Gasteiger charge is 2.15. The molecule has 0 aromatic heterocycles. The normalized spacial score (nSPS) is 12.2. The summed E-state index contributed by atoms with van der Waals surface area (Å²) in [6.45, 7) is 1.87. The van der Waals surface area contributed by atoms with Gasteiger partial charge in [0.05, 0.1) is 16.7 Å². The van der Waals surface area contributed by atoms with Gasteiger partial charge in [0.15, 0.2) is 0 Å². The molecule has 0 spiro atoms. The SMILES string of the molecule is CCC(O)CNC(=O)c1c(F)cccc1Cl. The van der Waals surface area contributed by atoms with Gasteiger partial charge in [-0.1, -0.05) is 24.6 Å². The highest BCUT2D eigenvalue weighted by atomic mass is 35.5. The monoisotopic (exact) mass is 245 g/mol. The molecule has 0 saturated carbocycles. The number of hydrogen-bond donors (Lipinski definition) is 2. The van der Waals surface area contributed by atoms with Crippen molar-refractivity contribution in [1.82, 2.24) is 5.32 Å². The molecule has 2 N–H and O–H groups in total. The maximum atomic E-state index is 13.3. The molecule has 1 aromatic carbocycles. The minimum atomic E-state index is -0.670. The molecule has 0 saturated heterocycles. The third-order valence-corrected chi connectivity index (χ3v) is 2.47. The van der Waals surface area contributed by atoms with E-state index in [4.69, 9.17) is 11.6 Å². The van der Waals surface area contributed by atoms with Gasteiger partial charge in [0, 0.05) is 6.54 Å². The molecule has 1 rings (SSSR count). The first-order valence-corrected chi connectivity index (χ1v) is 5.34. The molecule has 0 fully saturated rings. The van der Waals surface area contributed by atoms with E-state index >= 15 is 0 Å². The number of rotatable bonds is 4. The van der Waals surface area contributed by atoms with Crippen molar-refractivity contribution in [1.29, 1.82) is 0 Å². The number of hydrogen-bond acceptors (Lipinski definition) is 2. The molecule has 88 valence electrons. The van der Waals surface area contributed by atoms with Gasteiger partial charge in [-0.25, -0.2) is 4.39 Å². The number of carbonyl (C=O) groups excluding carboxylic acids is 1. The summed E-state index contributed by atoms with van der Waals surface area (Å²) in [5.74, 6) is -1.29. The Morgan fingerprint density at radius 2 is 2.31 bits per heavy atom. The topological polar surface area (TPSA) is 49.3 Å². The second-order valence-corrected chi connectivity index (χ2v) is 3.78. The van der Waals surface area contributed by atoms with Gasteiger partial charge in [-0.05, 0) is 18.6 Å². The van der Waals surface area contributed by atoms with Crippen LogP contribution in [-0.2, 0) is 0 Å². The quantitative estimate of drug-likeness (QED) is 0.852. The van der Waals surface area contributed by atoms with Crippen LogP contribution in [-0.4, -0.2) is 23.7 Å². The Morgan fingerprint density at radius 3 is 2.88 bits per heavy atom. The van der Waals surface area contributed by atoms with Gasteiger partial charge in [-0.3, -0.25) is 4.79 Å². The number of carbonyl (C=O) groups is 1. The summed E-state index contributed by atoms with van der Waals surface area (Å²) >= 11 is 5.71. The van der Waals surface area contributed by atoms with Crippen LogP contribution in [0.15, 0.2) is 18.2 Å². The van der Waals surface area contributed by atoms with E-state index in [1.807, 2.05) is 0 Å². The van der Waals surface area contributed by atoms with Crippen molar-refractivity contribution in [2.24, 2.45) is 0 Å². The predicted molar refractivity (Wildman–Crippen MR) is 60.0 cm³/mol. The Labute approximate surface area is 98.2 Å². The Kier molecular flexibility index (Phi) is 4.71. The second-order valence-electron chi connectivity index (χ2n) is 3.37. The van der Waals surface area contributed by atoms with Gasteiger partial charge >= 0.3 is 0 Å². The summed E-state index contributed by atoms with van der Waals surface area (Å²) in [4.78, 5) is 11.6. The number of aliphatic hydroxyl groups is 1. The van der Waals surface area contributed by atoms with Crippen LogP contribution in [0.2, 0.25) is 5.02 Å². The third-order valence-electron chi connectivity index (χ3n) is 2.16. The molecule has 1 unspecified atom stereocenters. The van der Waals surface area contributed by atoms with Crippen molar-refractivity contribution in [3.8, 4) is 0 Å². The van der Waals surface area contributed by atoms with E-state index in [2.05, 4.69) is 5.32 Å². The number of halogens is 2. The zero-order chi connectivity index (χ0) is 12.1. The summed E-state index contributed by atoms with van der Waals surface area (Å²) in [5.41, 5.74) is -0.188. The van der Waals surface area contributed by atoms with Gasteiger partial charge in [0.1, 0.15) is 5.82 Å². The lowest BCUT2D eigenvalue weighted by molar-refractivity contribution is 0.0910. The van der Waals surface area contributed by atoms with E-state index in [1.165, 1.54) is 12.1 Å². The Balaban J connectivity index is 2.73. The molecule has 0 radical (unpaired) electrons. The fourth-order valence-electron chi connectivity index (χ4n) is 1.16. The van der Waals surface area contributed by atoms with Gasteiger partial charge in [0.25, 0.3) is 5.91 Å². The molecule has 16 heavy (non-hydrogen) atoms. The van der Waals surface area contributed by atoms with E-state index in [9.17, 15) is 14.3 Å². The van der Waals surface area contributed by atoms with Crippen molar-refractivity contribution in [2.75, 3.05) is 6.54 Å². The van der Waals surface area contributed by atoms with Crippen molar-refractivity contribution >= 4 is 17.5 Å². The molecular weight excluding hydrogens is 233 g/mol. The van der Waals surface area contributed by atoms with Crippen molar-refractivity contribution in [3.63, 3.8) is 0 Å². The van der Waals surface area contributed by atoms with E-state index in [0.29, 0.717) is 6.42 Å². The van der Waals surface area contributed by atoms with Crippen LogP contribution in [0.3, 0.4) is 0 Å². The number of nitrogens with one attached hydrogen (secondary N) is 1. The molecule has 0 aliphatic heterocycles. The average Bonchev–Trinajstić information content (AvgIpc) is 2.25. The average molecular weight is 246 g/mol. The molecule has 1 amide bonds. The first-order valence-electron chi connectivity index (χ1n) is 4.96. The molecular formula is C11H13ClFNO2. The summed E-state index contributed by atoms with van der Waals surface area (Å²) in [7, 11) is 0. The number of aliphatic hydroxyl groups excluding tert-OH is 1. The van der Waals surface area contributed by atoms with Crippen molar-refractivity contribution < 1.29 is 14.3 Å². The highest BCUT2D eigenvalue weighted by molar-refractivity contribution is 6.33. The fraction of sp³-hybridized carbons (Fsp3) is 0.364. The minimum absolute atomic E-state index is 0.0588. The molecule has 0 aliphatic carbocycles. The highest BCUT2D eigenvalue weighted by Crippen LogP contribution is 2.18. The van der Waals surface area contributed by atoms with Crippen LogP contribution in [0.5, 0.6) is 0 Å². The smallest absolute Gasteiger partial charge is 0.255 e. The van der Waals surface area contributed by atoms with Crippen LogP contribution in [0.4, 0.5) is 4.39 Å². The number of amides is 1. The van der Waals surface area contributed by atoms with Crippen LogP contribution in [0, 0.1) is 5.82 Å². The molecule has 5 heteroatoms. The van der Waals surface area contributed by atoms with Crippen molar-refractivity contribution in [3.05, 3.63) is 34.6 Å². The third kappa shape index (κ3) is 3.18. The molecule has 1 aromatic rings. The van der Waals surface area contributed by atoms with Gasteiger partial charge in [0.2, 0.25) is 0 Å². The molecule has 0 heterocycles. The van der Waals surface area contributed by atoms with Crippen LogP contribution < -0.4 is 5.32 Å². The van der Waals surface area contributed by atoms with Gasteiger partial charge in [-0.15, -0.1) is 0 Å². The maximum absolute atomic E-state index is 13.3. The lowest BCUT2D eigenvalue weighted by Crippen LogP contribution is -2.32. The van der Waals surface area contributed by atoms with Crippen LogP contribution >= 0.6 is 11.6 Å². The first kappa shape index (κ1) is 12.9. The molecule has 0 bridgehead atoms. The molecule has 1 atom stereocenters.